The number of hydrogen-bond donors (Lipinski definition) is 0. The first-order chi connectivity index (χ1) is 15.1. The zero-order valence-electron chi connectivity index (χ0n) is 17.4. The standard InChI is InChI=1S/C21H21Cl2F3N4O2/c1-11-17(20(31)29-8-4-5-12(29)10-32-2)19(13-6-3-7-14(22)18(13)23)30-16(27-11)9-15(28-30)21(24,25)26/h3,6-7,9,12,17,19H,4-5,8,10H2,1-2H3/t12-,17?,19?/m0/s1. The smallest absolute Gasteiger partial charge is 0.383 e. The van der Waals surface area contributed by atoms with Gasteiger partial charge in [0, 0.05) is 25.4 Å². The minimum absolute atomic E-state index is 0.00906. The molecule has 2 unspecified atom stereocenters. The highest BCUT2D eigenvalue weighted by atomic mass is 35.5. The van der Waals surface area contributed by atoms with Crippen LogP contribution in [0.3, 0.4) is 0 Å². The number of nitrogens with zero attached hydrogens (tertiary/aromatic N) is 4. The van der Waals surface area contributed by atoms with E-state index in [1.54, 1.807) is 37.1 Å². The van der Waals surface area contributed by atoms with Gasteiger partial charge in [-0.1, -0.05) is 35.3 Å². The molecule has 2 aliphatic rings. The van der Waals surface area contributed by atoms with Crippen LogP contribution in [0.4, 0.5) is 19.0 Å². The van der Waals surface area contributed by atoms with Crippen molar-refractivity contribution < 1.29 is 22.7 Å². The summed E-state index contributed by atoms with van der Waals surface area (Å²) < 4.78 is 46.7. The molecule has 1 amide bonds. The second kappa shape index (κ2) is 8.68. The first kappa shape index (κ1) is 23.1. The molecule has 1 aromatic carbocycles. The summed E-state index contributed by atoms with van der Waals surface area (Å²) in [7, 11) is 1.57. The van der Waals surface area contributed by atoms with E-state index in [0.29, 0.717) is 24.4 Å². The highest BCUT2D eigenvalue weighted by Gasteiger charge is 2.45. The van der Waals surface area contributed by atoms with Crippen LogP contribution in [0.25, 0.3) is 0 Å². The van der Waals surface area contributed by atoms with Gasteiger partial charge in [-0.25, -0.2) is 9.67 Å². The topological polar surface area (TPSA) is 59.7 Å². The van der Waals surface area contributed by atoms with Crippen molar-refractivity contribution in [1.82, 2.24) is 14.7 Å². The molecule has 0 N–H and O–H groups in total. The molecule has 11 heteroatoms. The quantitative estimate of drug-likeness (QED) is 0.597. The van der Waals surface area contributed by atoms with Gasteiger partial charge in [-0.2, -0.15) is 18.3 Å². The fraction of sp³-hybridized carbons (Fsp3) is 0.476. The first-order valence-corrected chi connectivity index (χ1v) is 10.8. The van der Waals surface area contributed by atoms with Crippen LogP contribution in [0, 0.1) is 5.92 Å². The van der Waals surface area contributed by atoms with Gasteiger partial charge >= 0.3 is 6.18 Å². The number of ether oxygens (including phenoxy) is 1. The van der Waals surface area contributed by atoms with E-state index in [9.17, 15) is 18.0 Å². The predicted molar refractivity (Wildman–Crippen MR) is 115 cm³/mol. The normalized spacial score (nSPS) is 23.3. The summed E-state index contributed by atoms with van der Waals surface area (Å²) in [5.41, 5.74) is -0.286. The summed E-state index contributed by atoms with van der Waals surface area (Å²) in [6.45, 7) is 2.55. The lowest BCUT2D eigenvalue weighted by atomic mass is 9.86. The average Bonchev–Trinajstić information content (AvgIpc) is 3.36. The van der Waals surface area contributed by atoms with Crippen molar-refractivity contribution in [1.29, 1.82) is 0 Å². The Kier molecular flexibility index (Phi) is 6.26. The van der Waals surface area contributed by atoms with Crippen molar-refractivity contribution in [2.45, 2.75) is 38.0 Å². The molecule has 2 aliphatic heterocycles. The fourth-order valence-electron chi connectivity index (χ4n) is 4.48. The second-order valence-electron chi connectivity index (χ2n) is 7.93. The fourth-order valence-corrected chi connectivity index (χ4v) is 4.89. The molecule has 0 aliphatic carbocycles. The van der Waals surface area contributed by atoms with Gasteiger partial charge in [-0.05, 0) is 31.4 Å². The molecule has 2 aromatic rings. The maximum Gasteiger partial charge on any atom is 0.435 e. The summed E-state index contributed by atoms with van der Waals surface area (Å²) in [5.74, 6) is -1.13. The first-order valence-electron chi connectivity index (χ1n) is 10.1. The Balaban J connectivity index is 1.86. The van der Waals surface area contributed by atoms with E-state index in [0.717, 1.165) is 23.6 Å². The third-order valence-corrected chi connectivity index (χ3v) is 6.75. The number of benzene rings is 1. The highest BCUT2D eigenvalue weighted by Crippen LogP contribution is 2.44. The molecule has 4 rings (SSSR count). The van der Waals surface area contributed by atoms with Crippen LogP contribution in [0.5, 0.6) is 0 Å². The third-order valence-electron chi connectivity index (χ3n) is 5.91. The van der Waals surface area contributed by atoms with Crippen molar-refractivity contribution >= 4 is 40.6 Å². The molecule has 0 saturated carbocycles. The molecule has 6 nitrogen and oxygen atoms in total. The number of aromatic nitrogens is 2. The average molecular weight is 489 g/mol. The highest BCUT2D eigenvalue weighted by molar-refractivity contribution is 6.42. The molecule has 1 fully saturated rings. The number of halogens is 5. The number of carbonyl (C=O) groups is 1. The van der Waals surface area contributed by atoms with E-state index >= 15 is 0 Å². The Labute approximate surface area is 192 Å². The zero-order valence-corrected chi connectivity index (χ0v) is 18.9. The van der Waals surface area contributed by atoms with Crippen LogP contribution in [0.1, 0.15) is 37.1 Å². The summed E-state index contributed by atoms with van der Waals surface area (Å²) in [6, 6.07) is 4.70. The molecule has 0 spiro atoms. The number of aliphatic imine (C=N–C) groups is 1. The minimum Gasteiger partial charge on any atom is -0.383 e. The van der Waals surface area contributed by atoms with Crippen molar-refractivity contribution in [3.8, 4) is 0 Å². The van der Waals surface area contributed by atoms with Gasteiger partial charge in [-0.15, -0.1) is 0 Å². The van der Waals surface area contributed by atoms with Crippen molar-refractivity contribution in [2.75, 3.05) is 20.3 Å². The minimum atomic E-state index is -4.66. The Hall–Kier alpha value is -2.10. The Morgan fingerprint density at radius 2 is 2.06 bits per heavy atom. The van der Waals surface area contributed by atoms with Gasteiger partial charge in [0.15, 0.2) is 11.5 Å². The predicted octanol–water partition coefficient (Wildman–Crippen LogP) is 5.16. The van der Waals surface area contributed by atoms with Gasteiger partial charge in [-0.3, -0.25) is 4.79 Å². The SMILES string of the molecule is COC[C@@H]1CCCN1C(=O)C1C(C)=Nc2cc(C(F)(F)F)nn2C1c1cccc(Cl)c1Cl. The summed E-state index contributed by atoms with van der Waals surface area (Å²) in [5, 5.41) is 4.19. The van der Waals surface area contributed by atoms with E-state index in [2.05, 4.69) is 10.1 Å². The number of methoxy groups -OCH3 is 1. The van der Waals surface area contributed by atoms with E-state index in [1.165, 1.54) is 0 Å². The molecular formula is C21H21Cl2F3N4O2. The molecule has 1 saturated heterocycles. The molecule has 32 heavy (non-hydrogen) atoms. The molecular weight excluding hydrogens is 468 g/mol. The molecule has 3 atom stereocenters. The van der Waals surface area contributed by atoms with E-state index in [-0.39, 0.29) is 27.8 Å². The van der Waals surface area contributed by atoms with Gasteiger partial charge in [0.25, 0.3) is 0 Å². The second-order valence-corrected chi connectivity index (χ2v) is 8.72. The zero-order chi connectivity index (χ0) is 23.2. The lowest BCUT2D eigenvalue weighted by molar-refractivity contribution is -0.141. The summed E-state index contributed by atoms with van der Waals surface area (Å²) in [6.07, 6.45) is -3.05. The largest absolute Gasteiger partial charge is 0.435 e. The van der Waals surface area contributed by atoms with Crippen molar-refractivity contribution in [2.24, 2.45) is 10.9 Å². The number of fused-ring (bicyclic) bond motifs is 1. The molecule has 3 heterocycles. The number of likely N-dealkylation sites (tertiary alicyclic amines) is 1. The summed E-state index contributed by atoms with van der Waals surface area (Å²) in [4.78, 5) is 19.8. The maximum atomic E-state index is 13.7. The lowest BCUT2D eigenvalue weighted by Crippen LogP contribution is -2.47. The van der Waals surface area contributed by atoms with Crippen LogP contribution in [-0.4, -0.2) is 52.6 Å². The Morgan fingerprint density at radius 1 is 1.31 bits per heavy atom. The lowest BCUT2D eigenvalue weighted by Gasteiger charge is -2.35. The number of hydrogen-bond acceptors (Lipinski definition) is 4. The number of rotatable bonds is 4. The third kappa shape index (κ3) is 4.02. The monoisotopic (exact) mass is 488 g/mol. The number of amides is 1. The van der Waals surface area contributed by atoms with Gasteiger partial charge in [0.1, 0.15) is 5.92 Å². The van der Waals surface area contributed by atoms with Crippen LogP contribution < -0.4 is 0 Å². The van der Waals surface area contributed by atoms with Crippen LogP contribution in [-0.2, 0) is 15.7 Å². The Morgan fingerprint density at radius 3 is 2.75 bits per heavy atom. The number of alkyl halides is 3. The molecule has 1 aromatic heterocycles. The maximum absolute atomic E-state index is 13.7. The van der Waals surface area contributed by atoms with Crippen LogP contribution >= 0.6 is 23.2 Å². The van der Waals surface area contributed by atoms with Gasteiger partial charge in [0.2, 0.25) is 5.91 Å². The van der Waals surface area contributed by atoms with E-state index < -0.39 is 23.8 Å². The van der Waals surface area contributed by atoms with Crippen molar-refractivity contribution in [3.05, 3.63) is 45.6 Å². The summed E-state index contributed by atoms with van der Waals surface area (Å²) >= 11 is 12.7. The van der Waals surface area contributed by atoms with Crippen LogP contribution in [0.2, 0.25) is 10.0 Å². The van der Waals surface area contributed by atoms with Crippen LogP contribution in [0.15, 0.2) is 29.3 Å². The van der Waals surface area contributed by atoms with Gasteiger partial charge in [0.05, 0.1) is 28.7 Å². The molecule has 0 bridgehead atoms. The molecule has 0 radical (unpaired) electrons. The Bertz CT molecular complexity index is 1070. The van der Waals surface area contributed by atoms with Crippen molar-refractivity contribution in [3.63, 3.8) is 0 Å². The van der Waals surface area contributed by atoms with Gasteiger partial charge < -0.3 is 9.64 Å². The van der Waals surface area contributed by atoms with E-state index in [4.69, 9.17) is 27.9 Å². The number of carbonyl (C=O) groups excluding carboxylic acids is 1. The molecule has 172 valence electrons. The van der Waals surface area contributed by atoms with E-state index in [1.807, 2.05) is 0 Å².